The molecule has 0 bridgehead atoms. The Morgan fingerprint density at radius 2 is 1.68 bits per heavy atom. The highest BCUT2D eigenvalue weighted by Crippen LogP contribution is 2.15. The molecule has 0 aliphatic rings. The van der Waals surface area contributed by atoms with Gasteiger partial charge in [0.2, 0.25) is 0 Å². The molecule has 1 aromatic rings. The number of aryl methyl sites for hydroxylation is 1. The van der Waals surface area contributed by atoms with Crippen LogP contribution < -0.4 is 0 Å². The molecule has 0 saturated carbocycles. The van der Waals surface area contributed by atoms with Crippen LogP contribution in [-0.4, -0.2) is 19.1 Å². The third-order valence-electron chi connectivity index (χ3n) is 3.37. The van der Waals surface area contributed by atoms with Gasteiger partial charge < -0.3 is 4.74 Å². The van der Waals surface area contributed by atoms with E-state index in [0.717, 1.165) is 38.4 Å². The van der Waals surface area contributed by atoms with Gasteiger partial charge in [0.25, 0.3) is 0 Å². The molecule has 1 aromatic carbocycles. The van der Waals surface area contributed by atoms with E-state index in [1.165, 1.54) is 11.1 Å². The van der Waals surface area contributed by atoms with Crippen LogP contribution in [0.5, 0.6) is 0 Å². The topological polar surface area (TPSA) is 9.23 Å². The summed E-state index contributed by atoms with van der Waals surface area (Å²) in [5.41, 5.74) is 2.68. The first-order chi connectivity index (χ1) is 9.11. The fourth-order valence-corrected chi connectivity index (χ4v) is 2.23. The zero-order valence-corrected chi connectivity index (χ0v) is 13.2. The normalized spacial score (nSPS) is 12.9. The number of hydrogen-bond acceptors (Lipinski definition) is 1. The van der Waals surface area contributed by atoms with Crippen molar-refractivity contribution in [1.82, 2.24) is 0 Å². The van der Waals surface area contributed by atoms with Crippen LogP contribution in [0.25, 0.3) is 0 Å². The van der Waals surface area contributed by atoms with Crippen LogP contribution in [0, 0.1) is 18.8 Å². The van der Waals surface area contributed by atoms with E-state index in [9.17, 15) is 0 Å². The van der Waals surface area contributed by atoms with Crippen molar-refractivity contribution < 1.29 is 4.74 Å². The Morgan fingerprint density at radius 3 is 2.26 bits per heavy atom. The summed E-state index contributed by atoms with van der Waals surface area (Å²) in [5.74, 6) is 1.95. The summed E-state index contributed by atoms with van der Waals surface area (Å²) in [4.78, 5) is 0. The quantitative estimate of drug-likeness (QED) is 0.465. The van der Waals surface area contributed by atoms with Gasteiger partial charge in [-0.05, 0) is 43.6 Å². The first-order valence-corrected chi connectivity index (χ1v) is 7.84. The van der Waals surface area contributed by atoms with Crippen LogP contribution >= 0.6 is 11.6 Å². The number of ether oxygens (including phenoxy) is 1. The highest BCUT2D eigenvalue weighted by Gasteiger charge is 2.08. The predicted octanol–water partition coefficient (Wildman–Crippen LogP) is 4.85. The molecular weight excluding hydrogens is 256 g/mol. The minimum Gasteiger partial charge on any atom is -0.381 e. The largest absolute Gasteiger partial charge is 0.381 e. The van der Waals surface area contributed by atoms with Crippen LogP contribution in [0.2, 0.25) is 0 Å². The molecule has 1 unspecified atom stereocenters. The van der Waals surface area contributed by atoms with Gasteiger partial charge in [-0.2, -0.15) is 0 Å². The smallest absolute Gasteiger partial charge is 0.0469 e. The first-order valence-electron chi connectivity index (χ1n) is 7.31. The lowest BCUT2D eigenvalue weighted by atomic mass is 9.97. The molecule has 19 heavy (non-hydrogen) atoms. The summed E-state index contributed by atoms with van der Waals surface area (Å²) in [5, 5.41) is 0. The van der Waals surface area contributed by atoms with Crippen molar-refractivity contribution >= 4 is 11.6 Å². The summed E-state index contributed by atoms with van der Waals surface area (Å²) in [7, 11) is 0. The highest BCUT2D eigenvalue weighted by molar-refractivity contribution is 6.18. The lowest BCUT2D eigenvalue weighted by Gasteiger charge is -2.14. The number of alkyl halides is 1. The van der Waals surface area contributed by atoms with E-state index in [-0.39, 0.29) is 0 Å². The summed E-state index contributed by atoms with van der Waals surface area (Å²) in [6.07, 6.45) is 3.25. The fraction of sp³-hybridized carbons (Fsp3) is 0.647. The third kappa shape index (κ3) is 7.59. The van der Waals surface area contributed by atoms with Crippen LogP contribution in [0.4, 0.5) is 0 Å². The van der Waals surface area contributed by atoms with Gasteiger partial charge in [-0.15, -0.1) is 11.6 Å². The Labute approximate surface area is 123 Å². The average Bonchev–Trinajstić information content (AvgIpc) is 2.39. The molecule has 2 heteroatoms. The van der Waals surface area contributed by atoms with Gasteiger partial charge in [0.05, 0.1) is 0 Å². The van der Waals surface area contributed by atoms with Crippen LogP contribution in [0.15, 0.2) is 24.3 Å². The maximum absolute atomic E-state index is 6.06. The van der Waals surface area contributed by atoms with Crippen molar-refractivity contribution in [3.8, 4) is 0 Å². The Hall–Kier alpha value is -0.530. The molecule has 0 amide bonds. The minimum absolute atomic E-state index is 0.517. The zero-order chi connectivity index (χ0) is 14.1. The molecule has 1 atom stereocenters. The van der Waals surface area contributed by atoms with E-state index < -0.39 is 0 Å². The van der Waals surface area contributed by atoms with Gasteiger partial charge >= 0.3 is 0 Å². The fourth-order valence-electron chi connectivity index (χ4n) is 1.96. The summed E-state index contributed by atoms with van der Waals surface area (Å²) in [6, 6.07) is 8.74. The summed E-state index contributed by atoms with van der Waals surface area (Å²) < 4.78 is 5.67. The van der Waals surface area contributed by atoms with Crippen molar-refractivity contribution in [2.45, 2.75) is 40.0 Å². The van der Waals surface area contributed by atoms with Crippen LogP contribution in [-0.2, 0) is 11.2 Å². The van der Waals surface area contributed by atoms with Gasteiger partial charge in [-0.25, -0.2) is 0 Å². The second kappa shape index (κ2) is 9.39. The molecule has 1 nitrogen and oxygen atoms in total. The summed E-state index contributed by atoms with van der Waals surface area (Å²) in [6.45, 7) is 8.27. The molecular formula is C17H27ClO. The Kier molecular flexibility index (Phi) is 8.16. The monoisotopic (exact) mass is 282 g/mol. The number of hydrogen-bond donors (Lipinski definition) is 0. The molecule has 1 rings (SSSR count). The van der Waals surface area contributed by atoms with Crippen molar-refractivity contribution in [3.05, 3.63) is 35.4 Å². The molecule has 0 aromatic heterocycles. The van der Waals surface area contributed by atoms with Gasteiger partial charge in [0.1, 0.15) is 0 Å². The van der Waals surface area contributed by atoms with Crippen molar-refractivity contribution in [2.24, 2.45) is 11.8 Å². The van der Waals surface area contributed by atoms with E-state index in [1.54, 1.807) is 0 Å². The number of benzene rings is 1. The van der Waals surface area contributed by atoms with Crippen LogP contribution in [0.1, 0.15) is 37.8 Å². The minimum atomic E-state index is 0.517. The highest BCUT2D eigenvalue weighted by atomic mass is 35.5. The Morgan fingerprint density at radius 1 is 1.05 bits per heavy atom. The van der Waals surface area contributed by atoms with Gasteiger partial charge in [0, 0.05) is 19.1 Å². The van der Waals surface area contributed by atoms with E-state index in [1.807, 2.05) is 0 Å². The van der Waals surface area contributed by atoms with E-state index in [4.69, 9.17) is 16.3 Å². The standard InChI is InChI=1S/C17H27ClO/c1-14(2)8-10-19-11-9-17(13-18)12-16-6-4-15(3)5-7-16/h4-7,14,17H,8-13H2,1-3H3. The van der Waals surface area contributed by atoms with E-state index in [2.05, 4.69) is 45.0 Å². The summed E-state index contributed by atoms with van der Waals surface area (Å²) >= 11 is 6.06. The second-order valence-electron chi connectivity index (χ2n) is 5.79. The average molecular weight is 283 g/mol. The van der Waals surface area contributed by atoms with Crippen molar-refractivity contribution in [1.29, 1.82) is 0 Å². The van der Waals surface area contributed by atoms with Gasteiger partial charge in [-0.3, -0.25) is 0 Å². The van der Waals surface area contributed by atoms with Gasteiger partial charge in [-0.1, -0.05) is 43.7 Å². The van der Waals surface area contributed by atoms with E-state index in [0.29, 0.717) is 11.8 Å². The molecule has 0 fully saturated rings. The molecule has 0 aliphatic heterocycles. The van der Waals surface area contributed by atoms with Crippen LogP contribution in [0.3, 0.4) is 0 Å². The Bertz CT molecular complexity index is 332. The molecule has 0 spiro atoms. The van der Waals surface area contributed by atoms with Crippen molar-refractivity contribution in [2.75, 3.05) is 19.1 Å². The maximum Gasteiger partial charge on any atom is 0.0469 e. The first kappa shape index (κ1) is 16.5. The lowest BCUT2D eigenvalue weighted by Crippen LogP contribution is -2.11. The SMILES string of the molecule is Cc1ccc(CC(CCl)CCOCCC(C)C)cc1. The molecule has 0 N–H and O–H groups in total. The van der Waals surface area contributed by atoms with E-state index >= 15 is 0 Å². The maximum atomic E-state index is 6.06. The predicted molar refractivity (Wildman–Crippen MR) is 84.0 cm³/mol. The lowest BCUT2D eigenvalue weighted by molar-refractivity contribution is 0.112. The third-order valence-corrected chi connectivity index (χ3v) is 3.81. The molecule has 0 aliphatic carbocycles. The second-order valence-corrected chi connectivity index (χ2v) is 6.10. The van der Waals surface area contributed by atoms with Crippen molar-refractivity contribution in [3.63, 3.8) is 0 Å². The number of rotatable bonds is 9. The number of halogens is 1. The molecule has 108 valence electrons. The zero-order valence-electron chi connectivity index (χ0n) is 12.5. The molecule has 0 radical (unpaired) electrons. The molecule has 0 saturated heterocycles. The molecule has 0 heterocycles. The Balaban J connectivity index is 2.24. The van der Waals surface area contributed by atoms with Gasteiger partial charge in [0.15, 0.2) is 0 Å².